The normalized spacial score (nSPS) is 14.5. The topological polar surface area (TPSA) is 98.7 Å². The Kier molecular flexibility index (Phi) is 7.30. The average molecular weight is 395 g/mol. The SMILES string of the molecule is CCC(CN)CCNc1ncncc1C(=O)c1cc(C)n(CC2=CCCC=C2)n1. The van der Waals surface area contributed by atoms with E-state index >= 15 is 0 Å². The van der Waals surface area contributed by atoms with E-state index in [1.165, 1.54) is 11.9 Å². The van der Waals surface area contributed by atoms with Crippen molar-refractivity contribution in [1.82, 2.24) is 19.7 Å². The van der Waals surface area contributed by atoms with Gasteiger partial charge in [0.25, 0.3) is 0 Å². The van der Waals surface area contributed by atoms with Gasteiger partial charge in [0.05, 0.1) is 12.1 Å². The highest BCUT2D eigenvalue weighted by Gasteiger charge is 2.19. The summed E-state index contributed by atoms with van der Waals surface area (Å²) in [5.41, 5.74) is 8.80. The number of carbonyl (C=O) groups is 1. The van der Waals surface area contributed by atoms with Gasteiger partial charge in [-0.2, -0.15) is 5.10 Å². The monoisotopic (exact) mass is 394 g/mol. The minimum absolute atomic E-state index is 0.172. The summed E-state index contributed by atoms with van der Waals surface area (Å²) in [6.07, 6.45) is 13.6. The number of hydrogen-bond donors (Lipinski definition) is 2. The average Bonchev–Trinajstić information content (AvgIpc) is 3.12. The number of allylic oxidation sites excluding steroid dienone is 4. The molecule has 0 aromatic carbocycles. The molecule has 1 aliphatic carbocycles. The number of hydrogen-bond acceptors (Lipinski definition) is 6. The van der Waals surface area contributed by atoms with Gasteiger partial charge in [-0.3, -0.25) is 9.48 Å². The van der Waals surface area contributed by atoms with Crippen molar-refractivity contribution in [3.63, 3.8) is 0 Å². The highest BCUT2D eigenvalue weighted by molar-refractivity contribution is 6.10. The summed E-state index contributed by atoms with van der Waals surface area (Å²) in [6.45, 7) is 6.14. The molecule has 2 heterocycles. The Morgan fingerprint density at radius 2 is 2.24 bits per heavy atom. The second-order valence-corrected chi connectivity index (χ2v) is 7.43. The van der Waals surface area contributed by atoms with Crippen LogP contribution >= 0.6 is 0 Å². The van der Waals surface area contributed by atoms with E-state index in [-0.39, 0.29) is 5.78 Å². The van der Waals surface area contributed by atoms with Crippen molar-refractivity contribution in [2.75, 3.05) is 18.4 Å². The zero-order valence-electron chi connectivity index (χ0n) is 17.3. The maximum Gasteiger partial charge on any atom is 0.218 e. The first-order valence-corrected chi connectivity index (χ1v) is 10.3. The third-order valence-electron chi connectivity index (χ3n) is 5.33. The lowest BCUT2D eigenvalue weighted by Gasteiger charge is -2.13. The molecule has 2 aromatic rings. The number of anilines is 1. The van der Waals surface area contributed by atoms with E-state index in [1.807, 2.05) is 17.7 Å². The fraction of sp³-hybridized carbons (Fsp3) is 0.455. The quantitative estimate of drug-likeness (QED) is 0.600. The molecule has 0 fully saturated rings. The first kappa shape index (κ1) is 20.9. The van der Waals surface area contributed by atoms with Crippen LogP contribution in [0, 0.1) is 12.8 Å². The number of nitrogens with two attached hydrogens (primary N) is 1. The Balaban J connectivity index is 1.73. The molecule has 0 aliphatic heterocycles. The summed E-state index contributed by atoms with van der Waals surface area (Å²) >= 11 is 0. The molecule has 7 nitrogen and oxygen atoms in total. The van der Waals surface area contributed by atoms with Crippen molar-refractivity contribution in [3.8, 4) is 0 Å². The molecule has 3 N–H and O–H groups in total. The third kappa shape index (κ3) is 5.38. The Morgan fingerprint density at radius 3 is 2.97 bits per heavy atom. The van der Waals surface area contributed by atoms with Gasteiger partial charge in [-0.1, -0.05) is 31.6 Å². The van der Waals surface area contributed by atoms with Crippen LogP contribution < -0.4 is 11.1 Å². The Labute approximate surface area is 172 Å². The third-order valence-corrected chi connectivity index (χ3v) is 5.33. The van der Waals surface area contributed by atoms with Gasteiger partial charge >= 0.3 is 0 Å². The van der Waals surface area contributed by atoms with E-state index in [0.29, 0.717) is 42.6 Å². The molecular weight excluding hydrogens is 364 g/mol. The Bertz CT molecular complexity index is 894. The molecule has 1 unspecified atom stereocenters. The van der Waals surface area contributed by atoms with E-state index in [4.69, 9.17) is 5.73 Å². The zero-order valence-corrected chi connectivity index (χ0v) is 17.3. The fourth-order valence-electron chi connectivity index (χ4n) is 3.40. The van der Waals surface area contributed by atoms with E-state index in [0.717, 1.165) is 31.4 Å². The smallest absolute Gasteiger partial charge is 0.218 e. The van der Waals surface area contributed by atoms with Crippen LogP contribution in [0.3, 0.4) is 0 Å². The highest BCUT2D eigenvalue weighted by Crippen LogP contribution is 2.18. The Hall–Kier alpha value is -2.80. The summed E-state index contributed by atoms with van der Waals surface area (Å²) in [5, 5.41) is 7.82. The second-order valence-electron chi connectivity index (χ2n) is 7.43. The van der Waals surface area contributed by atoms with Crippen LogP contribution in [0.25, 0.3) is 0 Å². The van der Waals surface area contributed by atoms with Crippen molar-refractivity contribution in [1.29, 1.82) is 0 Å². The molecule has 0 amide bonds. The molecule has 7 heteroatoms. The first-order chi connectivity index (χ1) is 14.1. The standard InChI is InChI=1S/C22H30N6O/c1-3-17(12-23)9-10-25-22-19(13-24-15-26-22)21(29)20-11-16(2)28(27-20)14-18-7-5-4-6-8-18/h5,7-8,11,13,15,17H,3-4,6,9-10,12,14,23H2,1-2H3,(H,24,25,26). The van der Waals surface area contributed by atoms with Crippen LogP contribution in [0.15, 0.2) is 42.4 Å². The Morgan fingerprint density at radius 1 is 1.38 bits per heavy atom. The molecule has 0 radical (unpaired) electrons. The minimum atomic E-state index is -0.172. The van der Waals surface area contributed by atoms with Gasteiger partial charge in [0.15, 0.2) is 0 Å². The van der Waals surface area contributed by atoms with E-state index in [2.05, 4.69) is 45.5 Å². The van der Waals surface area contributed by atoms with Crippen LogP contribution in [-0.4, -0.2) is 38.6 Å². The van der Waals surface area contributed by atoms with Crippen molar-refractivity contribution in [2.45, 2.75) is 46.1 Å². The molecule has 1 atom stereocenters. The van der Waals surface area contributed by atoms with Crippen molar-refractivity contribution in [2.24, 2.45) is 11.7 Å². The number of ketones is 1. The van der Waals surface area contributed by atoms with Gasteiger partial charge in [-0.05, 0) is 50.3 Å². The number of carbonyl (C=O) groups excluding carboxylic acids is 1. The maximum atomic E-state index is 13.1. The van der Waals surface area contributed by atoms with E-state index < -0.39 is 0 Å². The zero-order chi connectivity index (χ0) is 20.6. The van der Waals surface area contributed by atoms with Crippen LogP contribution in [0.1, 0.15) is 54.4 Å². The van der Waals surface area contributed by atoms with Crippen LogP contribution in [0.4, 0.5) is 5.82 Å². The number of aryl methyl sites for hydroxylation is 1. The number of nitrogens with zero attached hydrogens (tertiary/aromatic N) is 4. The molecule has 2 aromatic heterocycles. The largest absolute Gasteiger partial charge is 0.369 e. The molecule has 0 saturated heterocycles. The minimum Gasteiger partial charge on any atom is -0.369 e. The molecule has 154 valence electrons. The van der Waals surface area contributed by atoms with Crippen molar-refractivity contribution in [3.05, 3.63) is 59.3 Å². The van der Waals surface area contributed by atoms with Gasteiger partial charge in [0.1, 0.15) is 17.8 Å². The predicted molar refractivity (Wildman–Crippen MR) is 115 cm³/mol. The molecular formula is C22H30N6O. The number of rotatable bonds is 10. The lowest BCUT2D eigenvalue weighted by Crippen LogP contribution is -2.18. The van der Waals surface area contributed by atoms with Gasteiger partial charge < -0.3 is 11.1 Å². The summed E-state index contributed by atoms with van der Waals surface area (Å²) in [6, 6.07) is 1.83. The highest BCUT2D eigenvalue weighted by atomic mass is 16.1. The first-order valence-electron chi connectivity index (χ1n) is 10.3. The second kappa shape index (κ2) is 10.1. The lowest BCUT2D eigenvalue weighted by molar-refractivity contribution is 0.103. The molecule has 3 rings (SSSR count). The summed E-state index contributed by atoms with van der Waals surface area (Å²) < 4.78 is 1.87. The van der Waals surface area contributed by atoms with Crippen LogP contribution in [0.2, 0.25) is 0 Å². The van der Waals surface area contributed by atoms with Crippen LogP contribution in [-0.2, 0) is 6.54 Å². The predicted octanol–water partition coefficient (Wildman–Crippen LogP) is 3.28. The molecule has 0 bridgehead atoms. The van der Waals surface area contributed by atoms with E-state index in [1.54, 1.807) is 6.20 Å². The molecule has 1 aliphatic rings. The molecule has 0 saturated carbocycles. The molecule has 29 heavy (non-hydrogen) atoms. The van der Waals surface area contributed by atoms with Crippen LogP contribution in [0.5, 0.6) is 0 Å². The molecule has 0 spiro atoms. The summed E-state index contributed by atoms with van der Waals surface area (Å²) in [7, 11) is 0. The van der Waals surface area contributed by atoms with Gasteiger partial charge in [0, 0.05) is 18.4 Å². The van der Waals surface area contributed by atoms with E-state index in [9.17, 15) is 4.79 Å². The summed E-state index contributed by atoms with van der Waals surface area (Å²) in [5.74, 6) is 0.834. The van der Waals surface area contributed by atoms with Crippen molar-refractivity contribution < 1.29 is 4.79 Å². The maximum absolute atomic E-state index is 13.1. The number of aromatic nitrogens is 4. The van der Waals surface area contributed by atoms with Gasteiger partial charge in [0.2, 0.25) is 5.78 Å². The van der Waals surface area contributed by atoms with Gasteiger partial charge in [-0.25, -0.2) is 9.97 Å². The lowest BCUT2D eigenvalue weighted by atomic mass is 10.0. The fourth-order valence-corrected chi connectivity index (χ4v) is 3.40. The van der Waals surface area contributed by atoms with Gasteiger partial charge in [-0.15, -0.1) is 0 Å². The van der Waals surface area contributed by atoms with Crippen molar-refractivity contribution >= 4 is 11.6 Å². The summed E-state index contributed by atoms with van der Waals surface area (Å²) in [4.78, 5) is 21.4. The number of nitrogens with one attached hydrogen (secondary N) is 1.